The number of piperazine rings is 1. The summed E-state index contributed by atoms with van der Waals surface area (Å²) in [6.07, 6.45) is 0. The Morgan fingerprint density at radius 2 is 2.05 bits per heavy atom. The molecule has 0 aliphatic carbocycles. The number of amides is 1. The van der Waals surface area contributed by atoms with Gasteiger partial charge in [0.15, 0.2) is 0 Å². The number of alkyl halides is 2. The van der Waals surface area contributed by atoms with Crippen LogP contribution in [0.3, 0.4) is 0 Å². The van der Waals surface area contributed by atoms with E-state index in [1.54, 1.807) is 0 Å². The van der Waals surface area contributed by atoms with Gasteiger partial charge in [0, 0.05) is 31.2 Å². The van der Waals surface area contributed by atoms with Crippen molar-refractivity contribution >= 4 is 5.91 Å². The molecule has 4 nitrogen and oxygen atoms in total. The zero-order valence-corrected chi connectivity index (χ0v) is 11.5. The Morgan fingerprint density at radius 1 is 1.40 bits per heavy atom. The van der Waals surface area contributed by atoms with Gasteiger partial charge in [0.25, 0.3) is 5.91 Å². The molecule has 6 heteroatoms. The van der Waals surface area contributed by atoms with E-state index in [0.29, 0.717) is 25.4 Å². The summed E-state index contributed by atoms with van der Waals surface area (Å²) in [6.45, 7) is 3.00. The number of hydrogen-bond donors (Lipinski definition) is 1. The summed E-state index contributed by atoms with van der Waals surface area (Å²) in [5.74, 6) is -4.17. The maximum absolute atomic E-state index is 14.2. The van der Waals surface area contributed by atoms with Crippen LogP contribution < -0.4 is 10.1 Å². The Balaban J connectivity index is 2.17. The Hall–Kier alpha value is -1.69. The standard InChI is InChI=1S/C14H18F2N2O2/c1-10-9-18(8-7-17-10)13(19)14(15,16)11-3-5-12(20-2)6-4-11/h3-6,10,17H,7-9H2,1-2H3/t10-/m1/s1. The summed E-state index contributed by atoms with van der Waals surface area (Å²) in [5.41, 5.74) is -0.311. The van der Waals surface area contributed by atoms with Gasteiger partial charge in [-0.15, -0.1) is 0 Å². The maximum Gasteiger partial charge on any atom is 0.349 e. The average molecular weight is 284 g/mol. The van der Waals surface area contributed by atoms with Crippen molar-refractivity contribution in [2.45, 2.75) is 18.9 Å². The fourth-order valence-corrected chi connectivity index (χ4v) is 2.24. The first kappa shape index (κ1) is 14.7. The van der Waals surface area contributed by atoms with E-state index < -0.39 is 11.8 Å². The normalized spacial score (nSPS) is 19.8. The molecule has 0 bridgehead atoms. The molecule has 1 aliphatic rings. The first-order chi connectivity index (χ1) is 9.45. The van der Waals surface area contributed by atoms with Crippen LogP contribution in [0, 0.1) is 0 Å². The monoisotopic (exact) mass is 284 g/mol. The minimum absolute atomic E-state index is 0.0272. The highest BCUT2D eigenvalue weighted by Gasteiger charge is 2.44. The van der Waals surface area contributed by atoms with Crippen LogP contribution in [0.5, 0.6) is 5.75 Å². The molecule has 20 heavy (non-hydrogen) atoms. The summed E-state index contributed by atoms with van der Waals surface area (Å²) >= 11 is 0. The summed E-state index contributed by atoms with van der Waals surface area (Å²) in [5, 5.41) is 3.12. The van der Waals surface area contributed by atoms with Crippen LogP contribution in [0.2, 0.25) is 0 Å². The van der Waals surface area contributed by atoms with Crippen LogP contribution in [-0.4, -0.2) is 43.6 Å². The lowest BCUT2D eigenvalue weighted by atomic mass is 10.1. The topological polar surface area (TPSA) is 41.6 Å². The number of rotatable bonds is 3. The molecule has 1 fully saturated rings. The van der Waals surface area contributed by atoms with Crippen LogP contribution >= 0.6 is 0 Å². The molecule has 1 aromatic carbocycles. The second kappa shape index (κ2) is 5.75. The van der Waals surface area contributed by atoms with Crippen molar-refractivity contribution in [1.29, 1.82) is 0 Å². The van der Waals surface area contributed by atoms with Gasteiger partial charge in [-0.25, -0.2) is 0 Å². The molecule has 1 aromatic rings. The smallest absolute Gasteiger partial charge is 0.349 e. The molecule has 1 aliphatic heterocycles. The summed E-state index contributed by atoms with van der Waals surface area (Å²) in [7, 11) is 1.46. The van der Waals surface area contributed by atoms with Crippen LogP contribution in [0.4, 0.5) is 8.78 Å². The van der Waals surface area contributed by atoms with E-state index in [-0.39, 0.29) is 11.6 Å². The Labute approximate surface area is 116 Å². The first-order valence-electron chi connectivity index (χ1n) is 6.50. The fourth-order valence-electron chi connectivity index (χ4n) is 2.24. The zero-order chi connectivity index (χ0) is 14.8. The molecule has 1 amide bonds. The maximum atomic E-state index is 14.2. The highest BCUT2D eigenvalue weighted by molar-refractivity contribution is 5.85. The van der Waals surface area contributed by atoms with Crippen LogP contribution in [0.1, 0.15) is 12.5 Å². The highest BCUT2D eigenvalue weighted by Crippen LogP contribution is 2.31. The van der Waals surface area contributed by atoms with Gasteiger partial charge < -0.3 is 15.0 Å². The summed E-state index contributed by atoms with van der Waals surface area (Å²) < 4.78 is 33.4. The second-order valence-corrected chi connectivity index (χ2v) is 4.91. The van der Waals surface area contributed by atoms with Crippen LogP contribution in [0.25, 0.3) is 0 Å². The predicted octanol–water partition coefficient (Wildman–Crippen LogP) is 1.61. The highest BCUT2D eigenvalue weighted by atomic mass is 19.3. The summed E-state index contributed by atoms with van der Waals surface area (Å²) in [6, 6.07) is 5.33. The third-order valence-electron chi connectivity index (χ3n) is 3.38. The SMILES string of the molecule is COc1ccc(C(F)(F)C(=O)N2CCN[C@H](C)C2)cc1. The molecular formula is C14H18F2N2O2. The molecule has 0 aromatic heterocycles. The lowest BCUT2D eigenvalue weighted by Crippen LogP contribution is -2.54. The van der Waals surface area contributed by atoms with Gasteiger partial charge in [-0.2, -0.15) is 8.78 Å². The molecule has 1 N–H and O–H groups in total. The van der Waals surface area contributed by atoms with Gasteiger partial charge in [-0.3, -0.25) is 4.79 Å². The van der Waals surface area contributed by atoms with Crippen molar-refractivity contribution in [3.05, 3.63) is 29.8 Å². The fraction of sp³-hybridized carbons (Fsp3) is 0.500. The minimum atomic E-state index is -3.51. The van der Waals surface area contributed by atoms with Gasteiger partial charge in [-0.05, 0) is 31.2 Å². The number of ether oxygens (including phenoxy) is 1. The Morgan fingerprint density at radius 3 is 2.60 bits per heavy atom. The van der Waals surface area contributed by atoms with Gasteiger partial charge in [0.1, 0.15) is 5.75 Å². The van der Waals surface area contributed by atoms with Gasteiger partial charge in [0.2, 0.25) is 0 Å². The van der Waals surface area contributed by atoms with Crippen molar-refractivity contribution in [3.63, 3.8) is 0 Å². The number of nitrogens with zero attached hydrogens (tertiary/aromatic N) is 1. The second-order valence-electron chi connectivity index (χ2n) is 4.91. The molecule has 1 heterocycles. The van der Waals surface area contributed by atoms with E-state index in [1.165, 1.54) is 36.3 Å². The molecule has 1 atom stereocenters. The lowest BCUT2D eigenvalue weighted by Gasteiger charge is -2.34. The molecule has 0 spiro atoms. The van der Waals surface area contributed by atoms with Gasteiger partial charge >= 0.3 is 5.92 Å². The first-order valence-corrected chi connectivity index (χ1v) is 6.50. The van der Waals surface area contributed by atoms with E-state index in [1.807, 2.05) is 6.92 Å². The largest absolute Gasteiger partial charge is 0.497 e. The van der Waals surface area contributed by atoms with Crippen molar-refractivity contribution in [1.82, 2.24) is 10.2 Å². The Kier molecular flexibility index (Phi) is 4.23. The quantitative estimate of drug-likeness (QED) is 0.917. The van der Waals surface area contributed by atoms with Crippen molar-refractivity contribution < 1.29 is 18.3 Å². The summed E-state index contributed by atoms with van der Waals surface area (Å²) in [4.78, 5) is 13.3. The molecule has 110 valence electrons. The minimum Gasteiger partial charge on any atom is -0.497 e. The Bertz CT molecular complexity index is 477. The van der Waals surface area contributed by atoms with E-state index in [2.05, 4.69) is 5.32 Å². The van der Waals surface area contributed by atoms with E-state index >= 15 is 0 Å². The van der Waals surface area contributed by atoms with Crippen molar-refractivity contribution in [2.75, 3.05) is 26.7 Å². The van der Waals surface area contributed by atoms with E-state index in [4.69, 9.17) is 4.74 Å². The van der Waals surface area contributed by atoms with Crippen molar-refractivity contribution in [3.8, 4) is 5.75 Å². The van der Waals surface area contributed by atoms with Crippen LogP contribution in [-0.2, 0) is 10.7 Å². The van der Waals surface area contributed by atoms with E-state index in [9.17, 15) is 13.6 Å². The number of methoxy groups -OCH3 is 1. The number of hydrogen-bond acceptors (Lipinski definition) is 3. The molecular weight excluding hydrogens is 266 g/mol. The average Bonchev–Trinajstić information content (AvgIpc) is 2.46. The molecule has 0 saturated carbocycles. The third kappa shape index (κ3) is 2.90. The van der Waals surface area contributed by atoms with Crippen LogP contribution in [0.15, 0.2) is 24.3 Å². The molecule has 0 unspecified atom stereocenters. The number of nitrogens with one attached hydrogen (secondary N) is 1. The number of halogens is 2. The molecule has 0 radical (unpaired) electrons. The van der Waals surface area contributed by atoms with Crippen molar-refractivity contribution in [2.24, 2.45) is 0 Å². The number of carbonyl (C=O) groups excluding carboxylic acids is 1. The van der Waals surface area contributed by atoms with Gasteiger partial charge in [-0.1, -0.05) is 0 Å². The number of benzene rings is 1. The predicted molar refractivity (Wildman–Crippen MR) is 70.9 cm³/mol. The molecule has 2 rings (SSSR count). The molecule has 1 saturated heterocycles. The van der Waals surface area contributed by atoms with E-state index in [0.717, 1.165) is 0 Å². The lowest BCUT2D eigenvalue weighted by molar-refractivity contribution is -0.160. The zero-order valence-electron chi connectivity index (χ0n) is 11.5. The third-order valence-corrected chi connectivity index (χ3v) is 3.38. The van der Waals surface area contributed by atoms with Gasteiger partial charge in [0.05, 0.1) is 7.11 Å². The number of carbonyl (C=O) groups is 1.